The van der Waals surface area contributed by atoms with Gasteiger partial charge in [-0.2, -0.15) is 0 Å². The molecule has 0 spiro atoms. The van der Waals surface area contributed by atoms with Crippen molar-refractivity contribution in [2.24, 2.45) is 5.92 Å². The van der Waals surface area contributed by atoms with Crippen LogP contribution >= 0.6 is 23.5 Å². The maximum atomic E-state index is 15.1. The first-order valence-corrected chi connectivity index (χ1v) is 17.0. The lowest BCUT2D eigenvalue weighted by Gasteiger charge is -2.39. The number of nitrogens with zero attached hydrogens (tertiary/aromatic N) is 1. The largest absolute Gasteiger partial charge is 0.376 e. The standard InChI is InChI=1S/C31H43ClFN3O2S.C2H6.C2H2/c1-4-18-39-36-16-15-34-21-25(36)12-13-26-28(33)6-5-7-29(26)35-30(37)19-27(22-8-10-24(32)11-9-22)23-14-17-38-31(2,3)20-23;2*1-2/h5-11,23,25,27,34H,4,12-21H2,1-3H3,(H,35,37);1-2H3;1-2H/t23?,25-,27-;;/m0../s1. The van der Waals surface area contributed by atoms with Gasteiger partial charge >= 0.3 is 0 Å². The molecular formula is C35H51ClFN3O2S. The highest BCUT2D eigenvalue weighted by Gasteiger charge is 2.35. The first-order valence-electron chi connectivity index (χ1n) is 15.7. The van der Waals surface area contributed by atoms with E-state index < -0.39 is 0 Å². The molecule has 2 aliphatic rings. The number of terminal acetylenes is 1. The van der Waals surface area contributed by atoms with E-state index in [-0.39, 0.29) is 23.2 Å². The molecule has 8 heteroatoms. The lowest BCUT2D eigenvalue weighted by atomic mass is 9.75. The second-order valence-corrected chi connectivity index (χ2v) is 13.0. The molecule has 2 saturated heterocycles. The molecule has 0 saturated carbocycles. The third-order valence-electron chi connectivity index (χ3n) is 7.89. The summed E-state index contributed by atoms with van der Waals surface area (Å²) in [7, 11) is 0. The molecule has 0 radical (unpaired) electrons. The zero-order valence-corrected chi connectivity index (χ0v) is 28.2. The molecule has 2 heterocycles. The van der Waals surface area contributed by atoms with Crippen LogP contribution in [0.15, 0.2) is 42.5 Å². The van der Waals surface area contributed by atoms with Crippen molar-refractivity contribution in [3.8, 4) is 12.8 Å². The summed E-state index contributed by atoms with van der Waals surface area (Å²) in [6.45, 7) is 14.0. The zero-order chi connectivity index (χ0) is 31.8. The molecule has 238 valence electrons. The van der Waals surface area contributed by atoms with Gasteiger partial charge in [-0.25, -0.2) is 8.70 Å². The zero-order valence-electron chi connectivity index (χ0n) is 26.6. The molecule has 1 unspecified atom stereocenters. The Bertz CT molecular complexity index is 1130. The van der Waals surface area contributed by atoms with Crippen molar-refractivity contribution in [2.75, 3.05) is 37.3 Å². The lowest BCUT2D eigenvalue weighted by molar-refractivity contribution is -0.118. The Kier molecular flexibility index (Phi) is 16.7. The first-order chi connectivity index (χ1) is 20.8. The number of hydrogen-bond donors (Lipinski definition) is 2. The highest BCUT2D eigenvalue weighted by molar-refractivity contribution is 7.97. The summed E-state index contributed by atoms with van der Waals surface area (Å²) in [4.78, 5) is 13.5. The summed E-state index contributed by atoms with van der Waals surface area (Å²) in [5.41, 5.74) is 2.05. The SMILES string of the molecule is C#C.CC.CCCSN1CCNC[C@@H]1CCc1c(F)cccc1NC(=O)C[C@@H](c1ccc(Cl)cc1)C1CCOC(C)(C)C1. The van der Waals surface area contributed by atoms with Gasteiger partial charge in [0.25, 0.3) is 0 Å². The van der Waals surface area contributed by atoms with E-state index >= 15 is 4.39 Å². The van der Waals surface area contributed by atoms with Crippen molar-refractivity contribution >= 4 is 35.1 Å². The van der Waals surface area contributed by atoms with E-state index in [1.807, 2.05) is 56.1 Å². The molecule has 2 N–H and O–H groups in total. The summed E-state index contributed by atoms with van der Waals surface area (Å²) < 4.78 is 23.5. The average molecular weight is 632 g/mol. The summed E-state index contributed by atoms with van der Waals surface area (Å²) >= 11 is 8.06. The first kappa shape index (κ1) is 37.1. The number of hydrogen-bond acceptors (Lipinski definition) is 5. The van der Waals surface area contributed by atoms with E-state index in [9.17, 15) is 4.79 Å². The quantitative estimate of drug-likeness (QED) is 0.193. The van der Waals surface area contributed by atoms with Gasteiger partial charge in [-0.05, 0) is 87.6 Å². The van der Waals surface area contributed by atoms with Crippen molar-refractivity contribution in [3.05, 3.63) is 64.4 Å². The Balaban J connectivity index is 0.00000155. The van der Waals surface area contributed by atoms with Crippen LogP contribution in [0.1, 0.15) is 83.8 Å². The van der Waals surface area contributed by atoms with Crippen molar-refractivity contribution in [1.29, 1.82) is 0 Å². The molecule has 2 aliphatic heterocycles. The smallest absolute Gasteiger partial charge is 0.225 e. The Labute approximate surface area is 269 Å². The highest BCUT2D eigenvalue weighted by Crippen LogP contribution is 2.40. The molecule has 5 nitrogen and oxygen atoms in total. The maximum absolute atomic E-state index is 15.1. The van der Waals surface area contributed by atoms with Gasteiger partial charge < -0.3 is 15.4 Å². The maximum Gasteiger partial charge on any atom is 0.225 e. The molecule has 2 fully saturated rings. The van der Waals surface area contributed by atoms with Gasteiger partial charge in [0.1, 0.15) is 5.82 Å². The minimum absolute atomic E-state index is 0.0277. The van der Waals surface area contributed by atoms with E-state index in [1.54, 1.807) is 6.07 Å². The second-order valence-electron chi connectivity index (χ2n) is 11.4. The van der Waals surface area contributed by atoms with Gasteiger partial charge in [-0.3, -0.25) is 4.79 Å². The van der Waals surface area contributed by atoms with Crippen LogP contribution in [0.25, 0.3) is 0 Å². The predicted molar refractivity (Wildman–Crippen MR) is 182 cm³/mol. The Morgan fingerprint density at radius 3 is 2.63 bits per heavy atom. The minimum Gasteiger partial charge on any atom is -0.376 e. The van der Waals surface area contributed by atoms with Gasteiger partial charge in [-0.1, -0.05) is 62.5 Å². The Hall–Kier alpha value is -2.08. The van der Waals surface area contributed by atoms with Crippen molar-refractivity contribution in [2.45, 2.75) is 90.7 Å². The predicted octanol–water partition coefficient (Wildman–Crippen LogP) is 8.34. The van der Waals surface area contributed by atoms with Crippen LogP contribution in [-0.4, -0.2) is 53.8 Å². The number of nitrogens with one attached hydrogen (secondary N) is 2. The van der Waals surface area contributed by atoms with E-state index in [2.05, 4.69) is 48.6 Å². The molecule has 0 bridgehead atoms. The van der Waals surface area contributed by atoms with Gasteiger partial charge in [-0.15, -0.1) is 12.8 Å². The van der Waals surface area contributed by atoms with Gasteiger partial charge in [0.15, 0.2) is 0 Å². The lowest BCUT2D eigenvalue weighted by Crippen LogP contribution is -2.48. The van der Waals surface area contributed by atoms with Crippen LogP contribution in [0.4, 0.5) is 10.1 Å². The van der Waals surface area contributed by atoms with Crippen molar-refractivity contribution in [3.63, 3.8) is 0 Å². The number of carbonyl (C=O) groups excluding carboxylic acids is 1. The van der Waals surface area contributed by atoms with Crippen LogP contribution in [0.3, 0.4) is 0 Å². The van der Waals surface area contributed by atoms with Crippen LogP contribution in [0.5, 0.6) is 0 Å². The normalized spacial score (nSPS) is 20.5. The van der Waals surface area contributed by atoms with Crippen molar-refractivity contribution in [1.82, 2.24) is 9.62 Å². The van der Waals surface area contributed by atoms with E-state index in [0.717, 1.165) is 56.6 Å². The van der Waals surface area contributed by atoms with Crippen molar-refractivity contribution < 1.29 is 13.9 Å². The summed E-state index contributed by atoms with van der Waals surface area (Å²) in [5, 5.41) is 7.25. The van der Waals surface area contributed by atoms with Crippen LogP contribution in [0, 0.1) is 24.6 Å². The molecule has 1 amide bonds. The van der Waals surface area contributed by atoms with Crippen LogP contribution in [0.2, 0.25) is 5.02 Å². The second kappa shape index (κ2) is 19.3. The fourth-order valence-corrected chi connectivity index (χ4v) is 7.05. The molecule has 4 rings (SSSR count). The molecule has 3 atom stereocenters. The molecule has 43 heavy (non-hydrogen) atoms. The van der Waals surface area contributed by atoms with Gasteiger partial charge in [0.2, 0.25) is 5.91 Å². The van der Waals surface area contributed by atoms with E-state index in [0.29, 0.717) is 47.7 Å². The number of rotatable bonds is 11. The molecule has 2 aromatic rings. The monoisotopic (exact) mass is 631 g/mol. The molecule has 0 aromatic heterocycles. The summed E-state index contributed by atoms with van der Waals surface area (Å²) in [6.07, 6.45) is 12.6. The van der Waals surface area contributed by atoms with Gasteiger partial charge in [0.05, 0.1) is 5.60 Å². The number of carbonyl (C=O) groups is 1. The summed E-state index contributed by atoms with van der Waals surface area (Å²) in [5.74, 6) is 1.07. The number of halogens is 2. The number of amides is 1. The van der Waals surface area contributed by atoms with Crippen LogP contribution in [-0.2, 0) is 16.0 Å². The minimum atomic E-state index is -0.259. The number of piperazine rings is 1. The number of anilines is 1. The average Bonchev–Trinajstić information content (AvgIpc) is 3.01. The fraction of sp³-hybridized carbons (Fsp3) is 0.571. The summed E-state index contributed by atoms with van der Waals surface area (Å²) in [6, 6.07) is 13.2. The number of ether oxygens (including phenoxy) is 1. The Morgan fingerprint density at radius 1 is 1.23 bits per heavy atom. The number of benzene rings is 2. The third-order valence-corrected chi connectivity index (χ3v) is 9.54. The highest BCUT2D eigenvalue weighted by atomic mass is 35.5. The van der Waals surface area contributed by atoms with E-state index in [4.69, 9.17) is 16.3 Å². The molecule has 0 aliphatic carbocycles. The molecular weight excluding hydrogens is 581 g/mol. The Morgan fingerprint density at radius 2 is 1.95 bits per heavy atom. The fourth-order valence-electron chi connectivity index (χ4n) is 5.90. The topological polar surface area (TPSA) is 53.6 Å². The third kappa shape index (κ3) is 11.7. The van der Waals surface area contributed by atoms with Crippen LogP contribution < -0.4 is 10.6 Å². The molecule has 2 aromatic carbocycles. The van der Waals surface area contributed by atoms with Gasteiger partial charge in [0, 0.05) is 60.7 Å². The van der Waals surface area contributed by atoms with E-state index in [1.165, 1.54) is 6.07 Å².